The van der Waals surface area contributed by atoms with E-state index in [-0.39, 0.29) is 23.7 Å². The molecule has 0 spiro atoms. The third kappa shape index (κ3) is 4.39. The van der Waals surface area contributed by atoms with Gasteiger partial charge in [-0.3, -0.25) is 4.79 Å². The summed E-state index contributed by atoms with van der Waals surface area (Å²) in [7, 11) is 0. The van der Waals surface area contributed by atoms with Crippen LogP contribution in [0.15, 0.2) is 66.7 Å². The molecule has 26 heavy (non-hydrogen) atoms. The van der Waals surface area contributed by atoms with Crippen LogP contribution in [-0.4, -0.2) is 11.0 Å². The molecule has 0 saturated heterocycles. The maximum absolute atomic E-state index is 13.2. The van der Waals surface area contributed by atoms with E-state index in [9.17, 15) is 14.3 Å². The van der Waals surface area contributed by atoms with Crippen LogP contribution < -0.4 is 10.1 Å². The van der Waals surface area contributed by atoms with E-state index < -0.39 is 5.91 Å². The molecule has 2 N–H and O–H groups in total. The Labute approximate surface area is 150 Å². The number of hydrogen-bond acceptors (Lipinski definition) is 3. The molecule has 3 rings (SSSR count). The van der Waals surface area contributed by atoms with Gasteiger partial charge in [-0.2, -0.15) is 0 Å². The van der Waals surface area contributed by atoms with Gasteiger partial charge in [0.25, 0.3) is 5.91 Å². The molecule has 0 fully saturated rings. The number of amides is 1. The maximum Gasteiger partial charge on any atom is 0.259 e. The minimum atomic E-state index is -0.442. The zero-order chi connectivity index (χ0) is 18.5. The van der Waals surface area contributed by atoms with Crippen LogP contribution in [-0.2, 0) is 6.61 Å². The van der Waals surface area contributed by atoms with Crippen LogP contribution in [0.3, 0.4) is 0 Å². The molecule has 3 aromatic rings. The predicted molar refractivity (Wildman–Crippen MR) is 98.0 cm³/mol. The second-order valence-electron chi connectivity index (χ2n) is 5.92. The highest BCUT2D eigenvalue weighted by atomic mass is 19.1. The topological polar surface area (TPSA) is 58.6 Å². The standard InChI is InChI=1S/C21H18FNO3/c1-14-5-7-17(8-6-14)23-21(25)19-12-18(9-10-20(19)24)26-13-15-3-2-4-16(22)11-15/h2-12,24H,13H2,1H3,(H,23,25). The van der Waals surface area contributed by atoms with Crippen LogP contribution in [0.2, 0.25) is 0 Å². The number of ether oxygens (including phenoxy) is 1. The summed E-state index contributed by atoms with van der Waals surface area (Å²) in [5, 5.41) is 12.7. The Morgan fingerprint density at radius 2 is 1.85 bits per heavy atom. The van der Waals surface area contributed by atoms with Crippen molar-refractivity contribution in [1.29, 1.82) is 0 Å². The Kier molecular flexibility index (Phi) is 5.17. The first-order valence-electron chi connectivity index (χ1n) is 8.09. The Morgan fingerprint density at radius 3 is 2.58 bits per heavy atom. The number of carbonyl (C=O) groups is 1. The van der Waals surface area contributed by atoms with Crippen molar-refractivity contribution in [2.45, 2.75) is 13.5 Å². The molecule has 0 aliphatic heterocycles. The fourth-order valence-corrected chi connectivity index (χ4v) is 2.42. The molecule has 1 amide bonds. The SMILES string of the molecule is Cc1ccc(NC(=O)c2cc(OCc3cccc(F)c3)ccc2O)cc1. The zero-order valence-electron chi connectivity index (χ0n) is 14.2. The van der Waals surface area contributed by atoms with Crippen LogP contribution in [0.25, 0.3) is 0 Å². The van der Waals surface area contributed by atoms with E-state index in [1.165, 1.54) is 24.3 Å². The van der Waals surface area contributed by atoms with Gasteiger partial charge in [-0.05, 0) is 55.0 Å². The Balaban J connectivity index is 1.72. The number of anilines is 1. The summed E-state index contributed by atoms with van der Waals surface area (Å²) in [5.74, 6) is -0.522. The maximum atomic E-state index is 13.2. The molecule has 3 aromatic carbocycles. The number of hydrogen-bond donors (Lipinski definition) is 2. The van der Waals surface area contributed by atoms with Gasteiger partial charge in [0.2, 0.25) is 0 Å². The first-order chi connectivity index (χ1) is 12.5. The van der Waals surface area contributed by atoms with Crippen molar-refractivity contribution in [3.8, 4) is 11.5 Å². The van der Waals surface area contributed by atoms with Crippen molar-refractivity contribution < 1.29 is 19.0 Å². The normalized spacial score (nSPS) is 10.4. The third-order valence-electron chi connectivity index (χ3n) is 3.82. The van der Waals surface area contributed by atoms with E-state index in [1.807, 2.05) is 19.1 Å². The van der Waals surface area contributed by atoms with Gasteiger partial charge < -0.3 is 15.2 Å². The summed E-state index contributed by atoms with van der Waals surface area (Å²) in [6.45, 7) is 2.11. The average molecular weight is 351 g/mol. The van der Waals surface area contributed by atoms with E-state index in [0.29, 0.717) is 17.0 Å². The lowest BCUT2D eigenvalue weighted by atomic mass is 10.1. The predicted octanol–water partition coefficient (Wildman–Crippen LogP) is 4.67. The lowest BCUT2D eigenvalue weighted by molar-refractivity contribution is 0.102. The Bertz CT molecular complexity index is 923. The van der Waals surface area contributed by atoms with Gasteiger partial charge in [-0.25, -0.2) is 4.39 Å². The minimum absolute atomic E-state index is 0.0994. The van der Waals surface area contributed by atoms with Gasteiger partial charge in [0.15, 0.2) is 0 Å². The van der Waals surface area contributed by atoms with E-state index in [2.05, 4.69) is 5.32 Å². The molecule has 0 atom stereocenters. The molecule has 0 bridgehead atoms. The van der Waals surface area contributed by atoms with Crippen LogP contribution >= 0.6 is 0 Å². The number of nitrogens with one attached hydrogen (secondary N) is 1. The fraction of sp³-hybridized carbons (Fsp3) is 0.0952. The van der Waals surface area contributed by atoms with Crippen molar-refractivity contribution in [2.24, 2.45) is 0 Å². The van der Waals surface area contributed by atoms with Crippen LogP contribution in [0.1, 0.15) is 21.5 Å². The highest BCUT2D eigenvalue weighted by Gasteiger charge is 2.13. The largest absolute Gasteiger partial charge is 0.507 e. The number of phenols is 1. The van der Waals surface area contributed by atoms with Crippen molar-refractivity contribution in [3.63, 3.8) is 0 Å². The molecule has 0 saturated carbocycles. The number of carbonyl (C=O) groups excluding carboxylic acids is 1. The molecular weight excluding hydrogens is 333 g/mol. The van der Waals surface area contributed by atoms with Gasteiger partial charge >= 0.3 is 0 Å². The molecule has 0 aromatic heterocycles. The number of aryl methyl sites for hydroxylation is 1. The highest BCUT2D eigenvalue weighted by molar-refractivity contribution is 6.06. The van der Waals surface area contributed by atoms with Gasteiger partial charge in [0, 0.05) is 5.69 Å². The van der Waals surface area contributed by atoms with Gasteiger partial charge in [0.1, 0.15) is 23.9 Å². The zero-order valence-corrected chi connectivity index (χ0v) is 14.2. The second-order valence-corrected chi connectivity index (χ2v) is 5.92. The average Bonchev–Trinajstić information content (AvgIpc) is 2.63. The number of phenolic OH excluding ortho intramolecular Hbond substituents is 1. The summed E-state index contributed by atoms with van der Waals surface area (Å²) in [6, 6.07) is 17.8. The van der Waals surface area contributed by atoms with E-state index >= 15 is 0 Å². The molecule has 0 aliphatic rings. The van der Waals surface area contributed by atoms with Gasteiger partial charge in [-0.1, -0.05) is 29.8 Å². The summed E-state index contributed by atoms with van der Waals surface area (Å²) in [5.41, 5.74) is 2.48. The van der Waals surface area contributed by atoms with Crippen LogP contribution in [0.4, 0.5) is 10.1 Å². The molecule has 5 heteroatoms. The number of halogens is 1. The number of aromatic hydroxyl groups is 1. The summed E-state index contributed by atoms with van der Waals surface area (Å²) in [6.07, 6.45) is 0. The van der Waals surface area contributed by atoms with E-state index in [4.69, 9.17) is 4.74 Å². The first-order valence-corrected chi connectivity index (χ1v) is 8.09. The monoisotopic (exact) mass is 351 g/mol. The van der Waals surface area contributed by atoms with E-state index in [1.54, 1.807) is 30.3 Å². The lowest BCUT2D eigenvalue weighted by Crippen LogP contribution is -2.12. The second kappa shape index (κ2) is 7.70. The molecular formula is C21H18FNO3. The van der Waals surface area contributed by atoms with Crippen molar-refractivity contribution in [2.75, 3.05) is 5.32 Å². The van der Waals surface area contributed by atoms with Gasteiger partial charge in [-0.15, -0.1) is 0 Å². The summed E-state index contributed by atoms with van der Waals surface area (Å²) in [4.78, 5) is 12.4. The van der Waals surface area contributed by atoms with Crippen LogP contribution in [0.5, 0.6) is 11.5 Å². The van der Waals surface area contributed by atoms with Crippen LogP contribution in [0, 0.1) is 12.7 Å². The molecule has 0 radical (unpaired) electrons. The highest BCUT2D eigenvalue weighted by Crippen LogP contribution is 2.25. The van der Waals surface area contributed by atoms with Crippen molar-refractivity contribution in [3.05, 3.63) is 89.2 Å². The summed E-state index contributed by atoms with van der Waals surface area (Å²) >= 11 is 0. The molecule has 0 aliphatic carbocycles. The number of benzene rings is 3. The first kappa shape index (κ1) is 17.5. The smallest absolute Gasteiger partial charge is 0.259 e. The Morgan fingerprint density at radius 1 is 1.08 bits per heavy atom. The summed E-state index contributed by atoms with van der Waals surface area (Å²) < 4.78 is 18.8. The van der Waals surface area contributed by atoms with Crippen molar-refractivity contribution >= 4 is 11.6 Å². The minimum Gasteiger partial charge on any atom is -0.507 e. The van der Waals surface area contributed by atoms with Gasteiger partial charge in [0.05, 0.1) is 5.56 Å². The molecule has 0 unspecified atom stereocenters. The third-order valence-corrected chi connectivity index (χ3v) is 3.82. The van der Waals surface area contributed by atoms with E-state index in [0.717, 1.165) is 5.56 Å². The molecule has 132 valence electrons. The number of rotatable bonds is 5. The van der Waals surface area contributed by atoms with Crippen molar-refractivity contribution in [1.82, 2.24) is 0 Å². The lowest BCUT2D eigenvalue weighted by Gasteiger charge is -2.11. The Hall–Kier alpha value is -3.34. The molecule has 4 nitrogen and oxygen atoms in total. The quantitative estimate of drug-likeness (QED) is 0.702. The molecule has 0 heterocycles. The fourth-order valence-electron chi connectivity index (χ4n) is 2.42.